The normalized spacial score (nSPS) is 14.5. The third-order valence-electron chi connectivity index (χ3n) is 3.50. The van der Waals surface area contributed by atoms with Gasteiger partial charge in [-0.15, -0.1) is 0 Å². The summed E-state index contributed by atoms with van der Waals surface area (Å²) >= 11 is 9.45. The molecule has 0 aliphatic heterocycles. The van der Waals surface area contributed by atoms with Crippen LogP contribution in [0.4, 0.5) is 0 Å². The van der Waals surface area contributed by atoms with E-state index in [0.717, 1.165) is 21.8 Å². The molecule has 0 aliphatic rings. The number of hydrogen-bond donors (Lipinski definition) is 1. The van der Waals surface area contributed by atoms with E-state index < -0.39 is 0 Å². The highest BCUT2D eigenvalue weighted by molar-refractivity contribution is 9.10. The van der Waals surface area contributed by atoms with E-state index in [1.165, 1.54) is 31.2 Å². The van der Waals surface area contributed by atoms with E-state index in [0.29, 0.717) is 0 Å². The van der Waals surface area contributed by atoms with Gasteiger partial charge in [-0.2, -0.15) is 0 Å². The molecule has 0 heterocycles. The molecule has 0 aromatic heterocycles. The summed E-state index contributed by atoms with van der Waals surface area (Å²) in [5, 5.41) is 0.740. The van der Waals surface area contributed by atoms with Crippen molar-refractivity contribution >= 4 is 27.5 Å². The van der Waals surface area contributed by atoms with Gasteiger partial charge in [-0.1, -0.05) is 57.2 Å². The van der Waals surface area contributed by atoms with E-state index in [9.17, 15) is 0 Å². The minimum absolute atomic E-state index is 0.111. The molecule has 2 N–H and O–H groups in total. The van der Waals surface area contributed by atoms with Crippen LogP contribution in [0.5, 0.6) is 0 Å². The van der Waals surface area contributed by atoms with Crippen molar-refractivity contribution in [2.75, 3.05) is 0 Å². The summed E-state index contributed by atoms with van der Waals surface area (Å²) in [5.74, 6) is 0.731. The number of halogens is 2. The first-order valence-corrected chi connectivity index (χ1v) is 7.96. The van der Waals surface area contributed by atoms with Crippen molar-refractivity contribution < 1.29 is 0 Å². The van der Waals surface area contributed by atoms with Crippen molar-refractivity contribution in [2.45, 2.75) is 52.0 Å². The lowest BCUT2D eigenvalue weighted by Gasteiger charge is -2.20. The highest BCUT2D eigenvalue weighted by Crippen LogP contribution is 2.29. The van der Waals surface area contributed by atoms with Crippen LogP contribution in [0.1, 0.15) is 57.6 Å². The Morgan fingerprint density at radius 2 is 2.06 bits per heavy atom. The van der Waals surface area contributed by atoms with Gasteiger partial charge in [-0.3, -0.25) is 0 Å². The van der Waals surface area contributed by atoms with Crippen LogP contribution in [-0.2, 0) is 0 Å². The SMILES string of the molecule is CCCCC(CC)CC(N)c1ccc(Cl)c(Br)c1. The van der Waals surface area contributed by atoms with Gasteiger partial charge in [0.25, 0.3) is 0 Å². The van der Waals surface area contributed by atoms with Crippen molar-refractivity contribution in [3.8, 4) is 0 Å². The molecule has 102 valence electrons. The summed E-state index contributed by atoms with van der Waals surface area (Å²) < 4.78 is 0.929. The predicted octanol–water partition coefficient (Wildman–Crippen LogP) is 5.71. The van der Waals surface area contributed by atoms with E-state index in [4.69, 9.17) is 17.3 Å². The first-order chi connectivity index (χ1) is 8.58. The number of hydrogen-bond acceptors (Lipinski definition) is 1. The fourth-order valence-electron chi connectivity index (χ4n) is 2.22. The van der Waals surface area contributed by atoms with Crippen LogP contribution in [0.15, 0.2) is 22.7 Å². The third-order valence-corrected chi connectivity index (χ3v) is 4.72. The third kappa shape index (κ3) is 4.91. The molecule has 3 heteroatoms. The van der Waals surface area contributed by atoms with Gasteiger partial charge in [0.05, 0.1) is 5.02 Å². The fraction of sp³-hybridized carbons (Fsp3) is 0.600. The standard InChI is InChI=1S/C15H23BrClN/c1-3-5-6-11(4-2)9-15(18)12-7-8-14(17)13(16)10-12/h7-8,10-11,15H,3-6,9,18H2,1-2H3. The topological polar surface area (TPSA) is 26.0 Å². The van der Waals surface area contributed by atoms with Crippen molar-refractivity contribution in [2.24, 2.45) is 11.7 Å². The monoisotopic (exact) mass is 331 g/mol. The van der Waals surface area contributed by atoms with Crippen LogP contribution in [0, 0.1) is 5.92 Å². The van der Waals surface area contributed by atoms with Crippen molar-refractivity contribution in [1.29, 1.82) is 0 Å². The van der Waals surface area contributed by atoms with E-state index in [1.54, 1.807) is 0 Å². The molecule has 0 spiro atoms. The van der Waals surface area contributed by atoms with Crippen molar-refractivity contribution in [1.82, 2.24) is 0 Å². The lowest BCUT2D eigenvalue weighted by molar-refractivity contribution is 0.388. The van der Waals surface area contributed by atoms with Crippen LogP contribution in [0.3, 0.4) is 0 Å². The Balaban J connectivity index is 2.62. The van der Waals surface area contributed by atoms with Crippen molar-refractivity contribution in [3.05, 3.63) is 33.3 Å². The van der Waals surface area contributed by atoms with Gasteiger partial charge in [0.1, 0.15) is 0 Å². The van der Waals surface area contributed by atoms with Gasteiger partial charge >= 0.3 is 0 Å². The Kier molecular flexibility index (Phi) is 7.28. The highest BCUT2D eigenvalue weighted by Gasteiger charge is 2.14. The molecule has 0 saturated heterocycles. The first kappa shape index (κ1) is 16.0. The minimum atomic E-state index is 0.111. The van der Waals surface area contributed by atoms with Crippen LogP contribution < -0.4 is 5.73 Å². The quantitative estimate of drug-likeness (QED) is 0.680. The van der Waals surface area contributed by atoms with Gasteiger partial charge in [0.2, 0.25) is 0 Å². The number of benzene rings is 1. The molecular weight excluding hydrogens is 310 g/mol. The van der Waals surface area contributed by atoms with E-state index in [-0.39, 0.29) is 6.04 Å². The number of rotatable bonds is 7. The first-order valence-electron chi connectivity index (χ1n) is 6.79. The van der Waals surface area contributed by atoms with E-state index >= 15 is 0 Å². The van der Waals surface area contributed by atoms with Crippen LogP contribution >= 0.6 is 27.5 Å². The lowest BCUT2D eigenvalue weighted by atomic mass is 9.90. The molecule has 0 radical (unpaired) electrons. The van der Waals surface area contributed by atoms with Gasteiger partial charge in [-0.05, 0) is 46.0 Å². The lowest BCUT2D eigenvalue weighted by Crippen LogP contribution is -2.15. The maximum Gasteiger partial charge on any atom is 0.0548 e. The maximum atomic E-state index is 6.30. The summed E-state index contributed by atoms with van der Waals surface area (Å²) in [4.78, 5) is 0. The van der Waals surface area contributed by atoms with Gasteiger partial charge < -0.3 is 5.73 Å². The van der Waals surface area contributed by atoms with Gasteiger partial charge in [-0.25, -0.2) is 0 Å². The second kappa shape index (κ2) is 8.19. The number of nitrogens with two attached hydrogens (primary N) is 1. The molecule has 0 fully saturated rings. The molecule has 0 amide bonds. The van der Waals surface area contributed by atoms with Gasteiger partial charge in [0, 0.05) is 10.5 Å². The summed E-state index contributed by atoms with van der Waals surface area (Å²) in [7, 11) is 0. The second-order valence-electron chi connectivity index (χ2n) is 4.93. The Hall–Kier alpha value is -0.0500. The van der Waals surface area contributed by atoms with E-state index in [2.05, 4.69) is 29.8 Å². The maximum absolute atomic E-state index is 6.30. The second-order valence-corrected chi connectivity index (χ2v) is 6.19. The smallest absolute Gasteiger partial charge is 0.0548 e. The number of unbranched alkanes of at least 4 members (excludes halogenated alkanes) is 1. The zero-order chi connectivity index (χ0) is 13.5. The molecule has 1 rings (SSSR count). The molecule has 1 nitrogen and oxygen atoms in total. The molecule has 2 unspecified atom stereocenters. The fourth-order valence-corrected chi connectivity index (χ4v) is 2.73. The molecular formula is C15H23BrClN. The van der Waals surface area contributed by atoms with Crippen molar-refractivity contribution in [3.63, 3.8) is 0 Å². The summed E-state index contributed by atoms with van der Waals surface area (Å²) in [6.45, 7) is 4.49. The van der Waals surface area contributed by atoms with Crippen LogP contribution in [0.2, 0.25) is 5.02 Å². The molecule has 1 aromatic rings. The Morgan fingerprint density at radius 3 is 2.61 bits per heavy atom. The summed E-state index contributed by atoms with van der Waals surface area (Å²) in [6.07, 6.45) is 6.12. The van der Waals surface area contributed by atoms with Crippen LogP contribution in [0.25, 0.3) is 0 Å². The molecule has 0 saturated carbocycles. The Bertz CT molecular complexity index is 368. The summed E-state index contributed by atoms with van der Waals surface area (Å²) in [5.41, 5.74) is 7.47. The van der Waals surface area contributed by atoms with E-state index in [1.807, 2.05) is 18.2 Å². The molecule has 1 aromatic carbocycles. The summed E-state index contributed by atoms with van der Waals surface area (Å²) in [6, 6.07) is 6.10. The zero-order valence-corrected chi connectivity index (χ0v) is 13.6. The highest BCUT2D eigenvalue weighted by atomic mass is 79.9. The Labute approximate surface area is 124 Å². The molecule has 0 aliphatic carbocycles. The Morgan fingerprint density at radius 1 is 1.33 bits per heavy atom. The molecule has 0 bridgehead atoms. The predicted molar refractivity (Wildman–Crippen MR) is 84.0 cm³/mol. The largest absolute Gasteiger partial charge is 0.324 e. The van der Waals surface area contributed by atoms with Gasteiger partial charge in [0.15, 0.2) is 0 Å². The van der Waals surface area contributed by atoms with Crippen LogP contribution in [-0.4, -0.2) is 0 Å². The average Bonchev–Trinajstić information content (AvgIpc) is 2.37. The zero-order valence-electron chi connectivity index (χ0n) is 11.3. The molecule has 2 atom stereocenters. The molecule has 18 heavy (non-hydrogen) atoms. The average molecular weight is 333 g/mol. The minimum Gasteiger partial charge on any atom is -0.324 e.